The minimum atomic E-state index is -0.380. The maximum Gasteiger partial charge on any atom is 0.337 e. The van der Waals surface area contributed by atoms with E-state index in [1.54, 1.807) is 36.5 Å². The van der Waals surface area contributed by atoms with Crippen LogP contribution in [0.15, 0.2) is 49.2 Å². The van der Waals surface area contributed by atoms with Crippen molar-refractivity contribution in [2.24, 2.45) is 0 Å². The molecule has 0 spiro atoms. The summed E-state index contributed by atoms with van der Waals surface area (Å²) in [6.07, 6.45) is 3.37. The standard InChI is InChI=1S/C15H16N4O2/c1-3-8-16-15-17-9-7-13(19-15)18-12-6-4-5-11(10-12)14(20)21-2/h3-7,9-10H,1,8H2,2H3,(H2,16,17,18,19). The second-order valence-electron chi connectivity index (χ2n) is 4.13. The number of anilines is 3. The summed E-state index contributed by atoms with van der Waals surface area (Å²) in [5, 5.41) is 6.12. The highest BCUT2D eigenvalue weighted by atomic mass is 16.5. The van der Waals surface area contributed by atoms with E-state index in [4.69, 9.17) is 4.74 Å². The molecule has 2 rings (SSSR count). The Morgan fingerprint density at radius 2 is 2.29 bits per heavy atom. The minimum Gasteiger partial charge on any atom is -0.465 e. The van der Waals surface area contributed by atoms with Crippen molar-refractivity contribution in [2.45, 2.75) is 0 Å². The molecule has 1 aromatic heterocycles. The quantitative estimate of drug-likeness (QED) is 0.627. The molecule has 0 amide bonds. The summed E-state index contributed by atoms with van der Waals surface area (Å²) in [7, 11) is 1.35. The van der Waals surface area contributed by atoms with E-state index in [0.29, 0.717) is 23.9 Å². The molecule has 0 saturated carbocycles. The molecule has 2 aromatic rings. The molecular weight excluding hydrogens is 268 g/mol. The lowest BCUT2D eigenvalue weighted by Gasteiger charge is -2.08. The average Bonchev–Trinajstić information content (AvgIpc) is 2.53. The largest absolute Gasteiger partial charge is 0.465 e. The molecule has 108 valence electrons. The van der Waals surface area contributed by atoms with E-state index in [2.05, 4.69) is 27.2 Å². The van der Waals surface area contributed by atoms with Crippen molar-refractivity contribution in [1.29, 1.82) is 0 Å². The van der Waals surface area contributed by atoms with Crippen LogP contribution in [0.4, 0.5) is 17.5 Å². The van der Waals surface area contributed by atoms with Crippen molar-refractivity contribution in [3.8, 4) is 0 Å². The normalized spacial score (nSPS) is 9.76. The van der Waals surface area contributed by atoms with Crippen molar-refractivity contribution in [3.63, 3.8) is 0 Å². The van der Waals surface area contributed by atoms with E-state index in [1.165, 1.54) is 7.11 Å². The maximum atomic E-state index is 11.5. The van der Waals surface area contributed by atoms with Crippen LogP contribution in [0.2, 0.25) is 0 Å². The SMILES string of the molecule is C=CCNc1nccc(Nc2cccc(C(=O)OC)c2)n1. The molecule has 6 nitrogen and oxygen atoms in total. The summed E-state index contributed by atoms with van der Waals surface area (Å²) in [5.74, 6) is 0.747. The number of nitrogens with one attached hydrogen (secondary N) is 2. The number of aromatic nitrogens is 2. The fourth-order valence-corrected chi connectivity index (χ4v) is 1.67. The van der Waals surface area contributed by atoms with Crippen molar-refractivity contribution in [3.05, 3.63) is 54.7 Å². The highest BCUT2D eigenvalue weighted by Crippen LogP contribution is 2.17. The Balaban J connectivity index is 2.14. The molecule has 1 aromatic carbocycles. The van der Waals surface area contributed by atoms with Gasteiger partial charge < -0.3 is 15.4 Å². The fourth-order valence-electron chi connectivity index (χ4n) is 1.67. The lowest BCUT2D eigenvalue weighted by atomic mass is 10.2. The molecule has 0 saturated heterocycles. The summed E-state index contributed by atoms with van der Waals surface area (Å²) in [5.41, 5.74) is 1.22. The van der Waals surface area contributed by atoms with Gasteiger partial charge in [0.05, 0.1) is 12.7 Å². The van der Waals surface area contributed by atoms with Crippen LogP contribution in [0.25, 0.3) is 0 Å². The summed E-state index contributed by atoms with van der Waals surface area (Å²) < 4.78 is 4.69. The molecule has 2 N–H and O–H groups in total. The van der Waals surface area contributed by atoms with Gasteiger partial charge in [-0.1, -0.05) is 12.1 Å². The van der Waals surface area contributed by atoms with Gasteiger partial charge >= 0.3 is 5.97 Å². The van der Waals surface area contributed by atoms with Gasteiger partial charge in [0.15, 0.2) is 0 Å². The van der Waals surface area contributed by atoms with Crippen LogP contribution in [-0.4, -0.2) is 29.6 Å². The van der Waals surface area contributed by atoms with Gasteiger partial charge in [0.2, 0.25) is 5.95 Å². The Morgan fingerprint density at radius 1 is 1.43 bits per heavy atom. The summed E-state index contributed by atoms with van der Waals surface area (Å²) in [6, 6.07) is 8.74. The second kappa shape index (κ2) is 7.04. The van der Waals surface area contributed by atoms with E-state index in [1.807, 2.05) is 6.07 Å². The van der Waals surface area contributed by atoms with Gasteiger partial charge in [-0.25, -0.2) is 9.78 Å². The Labute approximate surface area is 122 Å². The predicted molar refractivity (Wildman–Crippen MR) is 81.8 cm³/mol. The van der Waals surface area contributed by atoms with Crippen molar-refractivity contribution < 1.29 is 9.53 Å². The van der Waals surface area contributed by atoms with Crippen LogP contribution < -0.4 is 10.6 Å². The topological polar surface area (TPSA) is 76.1 Å². The Hall–Kier alpha value is -2.89. The monoisotopic (exact) mass is 284 g/mol. The number of hydrogen-bond donors (Lipinski definition) is 2. The van der Waals surface area contributed by atoms with Crippen LogP contribution in [0.3, 0.4) is 0 Å². The van der Waals surface area contributed by atoms with Gasteiger partial charge in [-0.2, -0.15) is 4.98 Å². The first-order valence-electron chi connectivity index (χ1n) is 6.36. The molecule has 6 heteroatoms. The molecule has 0 atom stereocenters. The third-order valence-electron chi connectivity index (χ3n) is 2.62. The Bertz CT molecular complexity index is 643. The van der Waals surface area contributed by atoms with Crippen LogP contribution >= 0.6 is 0 Å². The zero-order valence-electron chi connectivity index (χ0n) is 11.7. The number of methoxy groups -OCH3 is 1. The molecule has 0 fully saturated rings. The number of carbonyl (C=O) groups excluding carboxylic acids is 1. The van der Waals surface area contributed by atoms with Crippen LogP contribution in [0.5, 0.6) is 0 Å². The number of nitrogens with zero attached hydrogens (tertiary/aromatic N) is 2. The lowest BCUT2D eigenvalue weighted by Crippen LogP contribution is -2.05. The third-order valence-corrected chi connectivity index (χ3v) is 2.62. The van der Waals surface area contributed by atoms with Gasteiger partial charge in [0, 0.05) is 18.4 Å². The van der Waals surface area contributed by atoms with Crippen molar-refractivity contribution in [1.82, 2.24) is 9.97 Å². The number of ether oxygens (including phenoxy) is 1. The van der Waals surface area contributed by atoms with Gasteiger partial charge in [0.25, 0.3) is 0 Å². The molecular formula is C15H16N4O2. The van der Waals surface area contributed by atoms with E-state index in [0.717, 1.165) is 5.69 Å². The van der Waals surface area contributed by atoms with Crippen LogP contribution in [0, 0.1) is 0 Å². The molecule has 0 unspecified atom stereocenters. The van der Waals surface area contributed by atoms with E-state index in [-0.39, 0.29) is 5.97 Å². The van der Waals surface area contributed by atoms with E-state index in [9.17, 15) is 4.79 Å². The molecule has 1 heterocycles. The maximum absolute atomic E-state index is 11.5. The molecule has 0 aliphatic carbocycles. The highest BCUT2D eigenvalue weighted by Gasteiger charge is 2.06. The van der Waals surface area contributed by atoms with Gasteiger partial charge in [-0.05, 0) is 24.3 Å². The highest BCUT2D eigenvalue weighted by molar-refractivity contribution is 5.90. The van der Waals surface area contributed by atoms with E-state index < -0.39 is 0 Å². The first-order chi connectivity index (χ1) is 10.2. The number of carbonyl (C=O) groups is 1. The fraction of sp³-hybridized carbons (Fsp3) is 0.133. The smallest absolute Gasteiger partial charge is 0.337 e. The molecule has 21 heavy (non-hydrogen) atoms. The minimum absolute atomic E-state index is 0.380. The van der Waals surface area contributed by atoms with Crippen molar-refractivity contribution >= 4 is 23.4 Å². The number of esters is 1. The number of hydrogen-bond acceptors (Lipinski definition) is 6. The Kier molecular flexibility index (Phi) is 4.87. The van der Waals surface area contributed by atoms with Gasteiger partial charge in [-0.3, -0.25) is 0 Å². The molecule has 0 aliphatic rings. The zero-order valence-corrected chi connectivity index (χ0v) is 11.7. The number of benzene rings is 1. The van der Waals surface area contributed by atoms with Crippen LogP contribution in [0.1, 0.15) is 10.4 Å². The molecule has 0 radical (unpaired) electrons. The first kappa shape index (κ1) is 14.5. The summed E-state index contributed by atoms with van der Waals surface area (Å²) in [6.45, 7) is 4.21. The lowest BCUT2D eigenvalue weighted by molar-refractivity contribution is 0.0601. The van der Waals surface area contributed by atoms with Gasteiger partial charge in [0.1, 0.15) is 5.82 Å². The summed E-state index contributed by atoms with van der Waals surface area (Å²) >= 11 is 0. The average molecular weight is 284 g/mol. The second-order valence-corrected chi connectivity index (χ2v) is 4.13. The predicted octanol–water partition coefficient (Wildman–Crippen LogP) is 2.60. The third kappa shape index (κ3) is 4.04. The van der Waals surface area contributed by atoms with Gasteiger partial charge in [-0.15, -0.1) is 6.58 Å². The Morgan fingerprint density at radius 3 is 3.05 bits per heavy atom. The number of rotatable bonds is 6. The summed E-state index contributed by atoms with van der Waals surface area (Å²) in [4.78, 5) is 19.9. The van der Waals surface area contributed by atoms with Crippen molar-refractivity contribution in [2.75, 3.05) is 24.3 Å². The zero-order chi connectivity index (χ0) is 15.1. The molecule has 0 aliphatic heterocycles. The first-order valence-corrected chi connectivity index (χ1v) is 6.36. The van der Waals surface area contributed by atoms with E-state index >= 15 is 0 Å². The molecule has 0 bridgehead atoms. The van der Waals surface area contributed by atoms with Crippen LogP contribution in [-0.2, 0) is 4.74 Å².